The van der Waals surface area contributed by atoms with Crippen LogP contribution in [0, 0.1) is 0 Å². The van der Waals surface area contributed by atoms with Crippen molar-refractivity contribution in [3.63, 3.8) is 0 Å². The van der Waals surface area contributed by atoms with Gasteiger partial charge in [-0.25, -0.2) is 4.79 Å². The number of hydrogen-bond donors (Lipinski definition) is 3. The summed E-state index contributed by atoms with van der Waals surface area (Å²) >= 11 is 0. The van der Waals surface area contributed by atoms with E-state index in [4.69, 9.17) is 20.7 Å². The minimum Gasteiger partial charge on any atom is -0.450 e. The van der Waals surface area contributed by atoms with Crippen LogP contribution < -0.4 is 5.73 Å². The molecule has 0 aromatic heterocycles. The standard InChI is InChI=1S/C5H11N.CH2O3/c6-5-3-1-2-4-5;2-1(3)4/h5H,1-4,6H2;(H2,2,3,4). The number of carboxylic acid groups (broad SMARTS) is 2. The average Bonchev–Trinajstić information content (AvgIpc) is 2.15. The Labute approximate surface area is 59.7 Å². The van der Waals surface area contributed by atoms with E-state index in [2.05, 4.69) is 0 Å². The quantitative estimate of drug-likeness (QED) is 0.479. The SMILES string of the molecule is NC1CCCC1.O=C(O)O. The molecule has 1 saturated carbocycles. The summed E-state index contributed by atoms with van der Waals surface area (Å²) in [5, 5.41) is 13.9. The zero-order valence-corrected chi connectivity index (χ0v) is 5.79. The molecule has 0 aromatic rings. The van der Waals surface area contributed by atoms with Gasteiger partial charge in [0.05, 0.1) is 0 Å². The monoisotopic (exact) mass is 147 g/mol. The van der Waals surface area contributed by atoms with Gasteiger partial charge in [0, 0.05) is 6.04 Å². The second kappa shape index (κ2) is 5.05. The largest absolute Gasteiger partial charge is 0.503 e. The van der Waals surface area contributed by atoms with Gasteiger partial charge in [-0.15, -0.1) is 0 Å². The zero-order chi connectivity index (χ0) is 7.98. The van der Waals surface area contributed by atoms with E-state index in [0.29, 0.717) is 6.04 Å². The molecule has 4 nitrogen and oxygen atoms in total. The van der Waals surface area contributed by atoms with E-state index in [-0.39, 0.29) is 0 Å². The second-order valence-corrected chi connectivity index (χ2v) is 2.33. The summed E-state index contributed by atoms with van der Waals surface area (Å²) in [7, 11) is 0. The first-order valence-electron chi connectivity index (χ1n) is 3.30. The molecule has 1 rings (SSSR count). The maximum Gasteiger partial charge on any atom is 0.503 e. The maximum absolute atomic E-state index is 8.56. The summed E-state index contributed by atoms with van der Waals surface area (Å²) in [5.74, 6) is 0. The Kier molecular flexibility index (Phi) is 4.66. The maximum atomic E-state index is 8.56. The van der Waals surface area contributed by atoms with E-state index < -0.39 is 6.16 Å². The highest BCUT2D eigenvalue weighted by Crippen LogP contribution is 2.14. The fraction of sp³-hybridized carbons (Fsp3) is 0.833. The van der Waals surface area contributed by atoms with Gasteiger partial charge in [0.2, 0.25) is 0 Å². The van der Waals surface area contributed by atoms with E-state index >= 15 is 0 Å². The summed E-state index contributed by atoms with van der Waals surface area (Å²) in [4.78, 5) is 8.56. The Morgan fingerprint density at radius 2 is 1.60 bits per heavy atom. The number of nitrogens with two attached hydrogens (primary N) is 1. The third-order valence-corrected chi connectivity index (χ3v) is 1.40. The Balaban J connectivity index is 0.000000180. The average molecular weight is 147 g/mol. The lowest BCUT2D eigenvalue weighted by molar-refractivity contribution is 0.137. The van der Waals surface area contributed by atoms with Crippen molar-refractivity contribution >= 4 is 6.16 Å². The molecular weight excluding hydrogens is 134 g/mol. The summed E-state index contributed by atoms with van der Waals surface area (Å²) in [6.45, 7) is 0. The molecule has 1 aliphatic carbocycles. The molecule has 10 heavy (non-hydrogen) atoms. The van der Waals surface area contributed by atoms with E-state index in [1.165, 1.54) is 25.7 Å². The van der Waals surface area contributed by atoms with Crippen LogP contribution in [0.5, 0.6) is 0 Å². The number of carbonyl (C=O) groups is 1. The first-order chi connectivity index (χ1) is 4.63. The molecule has 0 aliphatic heterocycles. The van der Waals surface area contributed by atoms with Crippen molar-refractivity contribution in [3.8, 4) is 0 Å². The van der Waals surface area contributed by atoms with Crippen LogP contribution in [0.15, 0.2) is 0 Å². The zero-order valence-electron chi connectivity index (χ0n) is 5.79. The van der Waals surface area contributed by atoms with Crippen molar-refractivity contribution in [2.24, 2.45) is 5.73 Å². The normalized spacial score (nSPS) is 17.7. The van der Waals surface area contributed by atoms with Crippen molar-refractivity contribution in [2.75, 3.05) is 0 Å². The molecule has 0 radical (unpaired) electrons. The first-order valence-corrected chi connectivity index (χ1v) is 3.30. The van der Waals surface area contributed by atoms with Crippen molar-refractivity contribution < 1.29 is 15.0 Å². The fourth-order valence-electron chi connectivity index (χ4n) is 0.957. The lowest BCUT2D eigenvalue weighted by atomic mass is 10.3. The highest BCUT2D eigenvalue weighted by atomic mass is 16.6. The Morgan fingerprint density at radius 1 is 1.30 bits per heavy atom. The van der Waals surface area contributed by atoms with Gasteiger partial charge < -0.3 is 15.9 Å². The van der Waals surface area contributed by atoms with Gasteiger partial charge in [-0.1, -0.05) is 12.8 Å². The van der Waals surface area contributed by atoms with Crippen LogP contribution in [0.3, 0.4) is 0 Å². The molecule has 0 heterocycles. The van der Waals surface area contributed by atoms with Crippen LogP contribution in [0.1, 0.15) is 25.7 Å². The number of hydrogen-bond acceptors (Lipinski definition) is 2. The van der Waals surface area contributed by atoms with E-state index in [9.17, 15) is 0 Å². The molecule has 1 fully saturated rings. The van der Waals surface area contributed by atoms with Gasteiger partial charge in [-0.3, -0.25) is 0 Å². The summed E-state index contributed by atoms with van der Waals surface area (Å²) in [6, 6.07) is 0.546. The van der Waals surface area contributed by atoms with Gasteiger partial charge in [-0.2, -0.15) is 0 Å². The molecule has 0 bridgehead atoms. The second-order valence-electron chi connectivity index (χ2n) is 2.33. The van der Waals surface area contributed by atoms with Gasteiger partial charge >= 0.3 is 6.16 Å². The van der Waals surface area contributed by atoms with Crippen LogP contribution in [-0.2, 0) is 0 Å². The van der Waals surface area contributed by atoms with Crippen molar-refractivity contribution in [1.29, 1.82) is 0 Å². The number of rotatable bonds is 0. The Bertz CT molecular complexity index is 95.2. The summed E-state index contributed by atoms with van der Waals surface area (Å²) < 4.78 is 0. The van der Waals surface area contributed by atoms with Crippen LogP contribution in [0.2, 0.25) is 0 Å². The molecule has 0 spiro atoms. The topological polar surface area (TPSA) is 83.6 Å². The highest BCUT2D eigenvalue weighted by molar-refractivity contribution is 5.53. The lowest BCUT2D eigenvalue weighted by Crippen LogP contribution is -2.13. The lowest BCUT2D eigenvalue weighted by Gasteiger charge is -1.92. The molecule has 4 heteroatoms. The van der Waals surface area contributed by atoms with Crippen LogP contribution in [-0.4, -0.2) is 22.4 Å². The molecule has 0 atom stereocenters. The molecule has 1 aliphatic rings. The predicted octanol–water partition coefficient (Wildman–Crippen LogP) is 1.11. The van der Waals surface area contributed by atoms with Crippen molar-refractivity contribution in [2.45, 2.75) is 31.7 Å². The van der Waals surface area contributed by atoms with Crippen molar-refractivity contribution in [1.82, 2.24) is 0 Å². The van der Waals surface area contributed by atoms with Gasteiger partial charge in [0.15, 0.2) is 0 Å². The highest BCUT2D eigenvalue weighted by Gasteiger charge is 2.07. The van der Waals surface area contributed by atoms with Crippen LogP contribution in [0.25, 0.3) is 0 Å². The first kappa shape index (κ1) is 9.23. The summed E-state index contributed by atoms with van der Waals surface area (Å²) in [6.07, 6.45) is 3.42. The van der Waals surface area contributed by atoms with Crippen LogP contribution in [0.4, 0.5) is 4.79 Å². The molecule has 0 unspecified atom stereocenters. The Morgan fingerprint density at radius 3 is 1.70 bits per heavy atom. The molecule has 0 saturated heterocycles. The predicted molar refractivity (Wildman–Crippen MR) is 37.1 cm³/mol. The molecule has 0 amide bonds. The van der Waals surface area contributed by atoms with Crippen molar-refractivity contribution in [3.05, 3.63) is 0 Å². The van der Waals surface area contributed by atoms with E-state index in [1.807, 2.05) is 0 Å². The smallest absolute Gasteiger partial charge is 0.450 e. The van der Waals surface area contributed by atoms with E-state index in [1.54, 1.807) is 0 Å². The van der Waals surface area contributed by atoms with Gasteiger partial charge in [0.25, 0.3) is 0 Å². The fourth-order valence-corrected chi connectivity index (χ4v) is 0.957. The minimum absolute atomic E-state index is 0.546. The molecular formula is C6H13NO3. The molecule has 0 aromatic carbocycles. The van der Waals surface area contributed by atoms with E-state index in [0.717, 1.165) is 0 Å². The van der Waals surface area contributed by atoms with Crippen LogP contribution >= 0.6 is 0 Å². The molecule has 4 N–H and O–H groups in total. The van der Waals surface area contributed by atoms with Gasteiger partial charge in [-0.05, 0) is 12.8 Å². The van der Waals surface area contributed by atoms with Gasteiger partial charge in [0.1, 0.15) is 0 Å². The Hall–Kier alpha value is -0.770. The third kappa shape index (κ3) is 7.23. The minimum atomic E-state index is -1.83. The summed E-state index contributed by atoms with van der Waals surface area (Å²) in [5.41, 5.74) is 5.53. The molecule has 60 valence electrons. The third-order valence-electron chi connectivity index (χ3n) is 1.40.